The van der Waals surface area contributed by atoms with Gasteiger partial charge in [0.05, 0.1) is 12.0 Å². The highest BCUT2D eigenvalue weighted by Gasteiger charge is 2.38. The van der Waals surface area contributed by atoms with Gasteiger partial charge in [-0.1, -0.05) is 0 Å². The van der Waals surface area contributed by atoms with Crippen LogP contribution in [0, 0.1) is 17.2 Å². The zero-order valence-corrected chi connectivity index (χ0v) is 5.61. The molecule has 0 aromatic rings. The number of hydrogen-bond donors (Lipinski definition) is 1. The summed E-state index contributed by atoms with van der Waals surface area (Å²) in [7, 11) is 0. The molecule has 0 aromatic heterocycles. The van der Waals surface area contributed by atoms with E-state index < -0.39 is 6.09 Å². The normalized spacial score (nSPS) is 30.6. The Hall–Kier alpha value is -1.24. The highest BCUT2D eigenvalue weighted by Crippen LogP contribution is 2.22. The van der Waals surface area contributed by atoms with Crippen LogP contribution in [-0.2, 0) is 0 Å². The first-order chi connectivity index (χ1) is 4.66. The topological polar surface area (TPSA) is 64.3 Å². The predicted molar refractivity (Wildman–Crippen MR) is 33.3 cm³/mol. The molecule has 4 heteroatoms. The zero-order chi connectivity index (χ0) is 7.72. The summed E-state index contributed by atoms with van der Waals surface area (Å²) in [5.74, 6) is -0.101. The van der Waals surface area contributed by atoms with Crippen LogP contribution in [0.3, 0.4) is 0 Å². The third kappa shape index (κ3) is 0.798. The maximum Gasteiger partial charge on any atom is 0.407 e. The number of rotatable bonds is 0. The first-order valence-electron chi connectivity index (χ1n) is 3.06. The van der Waals surface area contributed by atoms with Crippen LogP contribution >= 0.6 is 0 Å². The Kier molecular flexibility index (Phi) is 1.50. The lowest BCUT2D eigenvalue weighted by atomic mass is 9.92. The Labute approximate surface area is 58.7 Å². The summed E-state index contributed by atoms with van der Waals surface area (Å²) < 4.78 is 0. The van der Waals surface area contributed by atoms with Gasteiger partial charge in [0.1, 0.15) is 0 Å². The smallest absolute Gasteiger partial charge is 0.407 e. The molecule has 0 aliphatic carbocycles. The van der Waals surface area contributed by atoms with Crippen LogP contribution in [0.4, 0.5) is 4.79 Å². The van der Waals surface area contributed by atoms with Crippen LogP contribution in [0.25, 0.3) is 0 Å². The second-order valence-corrected chi connectivity index (χ2v) is 2.41. The molecule has 1 amide bonds. The van der Waals surface area contributed by atoms with Crippen LogP contribution in [0.15, 0.2) is 0 Å². The SMILES string of the molecule is C[C@H]1[C@H](C#N)CN1C(=O)O. The second kappa shape index (κ2) is 2.18. The van der Waals surface area contributed by atoms with Gasteiger partial charge in [-0.05, 0) is 6.92 Å². The van der Waals surface area contributed by atoms with E-state index in [2.05, 4.69) is 0 Å². The van der Waals surface area contributed by atoms with Crippen molar-refractivity contribution in [3.05, 3.63) is 0 Å². The molecule has 0 unspecified atom stereocenters. The molecule has 54 valence electrons. The van der Waals surface area contributed by atoms with Gasteiger partial charge in [0.15, 0.2) is 0 Å². The van der Waals surface area contributed by atoms with E-state index >= 15 is 0 Å². The lowest BCUT2D eigenvalue weighted by Gasteiger charge is -2.40. The van der Waals surface area contributed by atoms with Crippen molar-refractivity contribution in [3.63, 3.8) is 0 Å². The predicted octanol–water partition coefficient (Wildman–Crippen LogP) is 0.508. The van der Waals surface area contributed by atoms with Gasteiger partial charge in [0.2, 0.25) is 0 Å². The molecule has 10 heavy (non-hydrogen) atoms. The average molecular weight is 140 g/mol. The number of amides is 1. The van der Waals surface area contributed by atoms with Crippen LogP contribution in [0.1, 0.15) is 6.92 Å². The molecule has 4 nitrogen and oxygen atoms in total. The van der Waals surface area contributed by atoms with Gasteiger partial charge in [0.25, 0.3) is 0 Å². The van der Waals surface area contributed by atoms with E-state index in [1.807, 2.05) is 6.07 Å². The summed E-state index contributed by atoms with van der Waals surface area (Å²) in [6, 6.07) is 1.91. The third-order valence-electron chi connectivity index (χ3n) is 1.88. The molecule has 0 radical (unpaired) electrons. The van der Waals surface area contributed by atoms with Crippen molar-refractivity contribution in [2.45, 2.75) is 13.0 Å². The molecule has 1 aliphatic rings. The molecule has 1 rings (SSSR count). The van der Waals surface area contributed by atoms with Crippen molar-refractivity contribution in [3.8, 4) is 6.07 Å². The molecule has 1 fully saturated rings. The van der Waals surface area contributed by atoms with E-state index in [9.17, 15) is 4.79 Å². The Balaban J connectivity index is 2.48. The Morgan fingerprint density at radius 2 is 2.50 bits per heavy atom. The summed E-state index contributed by atoms with van der Waals surface area (Å²) in [6.45, 7) is 2.11. The van der Waals surface area contributed by atoms with Crippen LogP contribution in [0.5, 0.6) is 0 Å². The molecule has 2 atom stereocenters. The van der Waals surface area contributed by atoms with Crippen LogP contribution in [-0.4, -0.2) is 28.7 Å². The number of nitrogens with zero attached hydrogens (tertiary/aromatic N) is 2. The fourth-order valence-corrected chi connectivity index (χ4v) is 1.01. The largest absolute Gasteiger partial charge is 0.465 e. The lowest BCUT2D eigenvalue weighted by Crippen LogP contribution is -2.56. The maximum atomic E-state index is 10.3. The summed E-state index contributed by atoms with van der Waals surface area (Å²) in [5, 5.41) is 16.8. The fraction of sp³-hybridized carbons (Fsp3) is 0.667. The quantitative estimate of drug-likeness (QED) is 0.533. The minimum atomic E-state index is -0.931. The molecule has 1 N–H and O–H groups in total. The monoisotopic (exact) mass is 140 g/mol. The molecule has 1 aliphatic heterocycles. The zero-order valence-electron chi connectivity index (χ0n) is 5.61. The molecule has 1 saturated heterocycles. The molecular formula is C6H8N2O2. The van der Waals surface area contributed by atoms with Crippen molar-refractivity contribution in [2.75, 3.05) is 6.54 Å². The van der Waals surface area contributed by atoms with E-state index in [1.54, 1.807) is 6.92 Å². The Bertz CT molecular complexity index is 196. The highest BCUT2D eigenvalue weighted by molar-refractivity contribution is 5.66. The van der Waals surface area contributed by atoms with Crippen molar-refractivity contribution < 1.29 is 9.90 Å². The van der Waals surface area contributed by atoms with Crippen molar-refractivity contribution >= 4 is 6.09 Å². The molecule has 0 bridgehead atoms. The molecule has 0 aromatic carbocycles. The van der Waals surface area contributed by atoms with Gasteiger partial charge in [0, 0.05) is 12.6 Å². The summed E-state index contributed by atoms with van der Waals surface area (Å²) >= 11 is 0. The highest BCUT2D eigenvalue weighted by atomic mass is 16.4. The van der Waals surface area contributed by atoms with E-state index in [0.29, 0.717) is 6.54 Å². The van der Waals surface area contributed by atoms with Gasteiger partial charge >= 0.3 is 6.09 Å². The average Bonchev–Trinajstić information content (AvgIpc) is 1.85. The van der Waals surface area contributed by atoms with Crippen molar-refractivity contribution in [1.82, 2.24) is 4.90 Å². The number of hydrogen-bond acceptors (Lipinski definition) is 2. The maximum absolute atomic E-state index is 10.3. The standard InChI is InChI=1S/C6H8N2O2/c1-4-5(2-7)3-8(4)6(9)10/h4-5H,3H2,1H3,(H,9,10)/t4-,5+/m0/s1. The fourth-order valence-electron chi connectivity index (χ4n) is 1.01. The molecule has 0 spiro atoms. The number of likely N-dealkylation sites (tertiary alicyclic amines) is 1. The second-order valence-electron chi connectivity index (χ2n) is 2.41. The summed E-state index contributed by atoms with van der Waals surface area (Å²) in [4.78, 5) is 11.5. The van der Waals surface area contributed by atoms with E-state index in [0.717, 1.165) is 0 Å². The van der Waals surface area contributed by atoms with E-state index in [1.165, 1.54) is 4.90 Å². The number of carbonyl (C=O) groups is 1. The van der Waals surface area contributed by atoms with Crippen molar-refractivity contribution in [1.29, 1.82) is 5.26 Å². The summed E-state index contributed by atoms with van der Waals surface area (Å²) in [6.07, 6.45) is -0.931. The van der Waals surface area contributed by atoms with Crippen LogP contribution < -0.4 is 0 Å². The minimum Gasteiger partial charge on any atom is -0.465 e. The van der Waals surface area contributed by atoms with Gasteiger partial charge in [-0.25, -0.2) is 4.79 Å². The lowest BCUT2D eigenvalue weighted by molar-refractivity contribution is 0.0560. The minimum absolute atomic E-state index is 0.101. The van der Waals surface area contributed by atoms with E-state index in [-0.39, 0.29) is 12.0 Å². The molecule has 0 saturated carbocycles. The first kappa shape index (κ1) is 6.87. The van der Waals surface area contributed by atoms with Gasteiger partial charge in [-0.2, -0.15) is 5.26 Å². The first-order valence-corrected chi connectivity index (χ1v) is 3.06. The Morgan fingerprint density at radius 3 is 2.80 bits per heavy atom. The summed E-state index contributed by atoms with van der Waals surface area (Å²) in [5.41, 5.74) is 0. The third-order valence-corrected chi connectivity index (χ3v) is 1.88. The van der Waals surface area contributed by atoms with Gasteiger partial charge < -0.3 is 10.0 Å². The molecule has 1 heterocycles. The Morgan fingerprint density at radius 1 is 1.90 bits per heavy atom. The van der Waals surface area contributed by atoms with E-state index in [4.69, 9.17) is 10.4 Å². The van der Waals surface area contributed by atoms with Crippen molar-refractivity contribution in [2.24, 2.45) is 5.92 Å². The van der Waals surface area contributed by atoms with Gasteiger partial charge in [-0.3, -0.25) is 0 Å². The van der Waals surface area contributed by atoms with Gasteiger partial charge in [-0.15, -0.1) is 0 Å². The molecular weight excluding hydrogens is 132 g/mol. The number of carboxylic acid groups (broad SMARTS) is 1. The van der Waals surface area contributed by atoms with Crippen LogP contribution in [0.2, 0.25) is 0 Å². The number of nitriles is 1.